The Kier molecular flexibility index (Phi) is 5.51. The van der Waals surface area contributed by atoms with Gasteiger partial charge < -0.3 is 10.2 Å². The first kappa shape index (κ1) is 22.1. The molecule has 7 heteroatoms. The van der Waals surface area contributed by atoms with Crippen molar-refractivity contribution in [1.29, 1.82) is 5.26 Å². The van der Waals surface area contributed by atoms with Gasteiger partial charge >= 0.3 is 0 Å². The van der Waals surface area contributed by atoms with E-state index in [4.69, 9.17) is 0 Å². The number of benzene rings is 3. The predicted octanol–water partition coefficient (Wildman–Crippen LogP) is 4.44. The fourth-order valence-electron chi connectivity index (χ4n) is 5.41. The number of hydrogen-bond acceptors (Lipinski definition) is 5. The molecule has 0 aliphatic carbocycles. The van der Waals surface area contributed by atoms with Crippen LogP contribution in [0.2, 0.25) is 0 Å². The van der Waals surface area contributed by atoms with Crippen LogP contribution in [0.15, 0.2) is 79.1 Å². The van der Waals surface area contributed by atoms with Gasteiger partial charge in [0.15, 0.2) is 0 Å². The highest BCUT2D eigenvalue weighted by Gasteiger charge is 2.33. The van der Waals surface area contributed by atoms with Crippen molar-refractivity contribution in [2.45, 2.75) is 6.04 Å². The zero-order valence-corrected chi connectivity index (χ0v) is 20.1. The number of piperazine rings is 1. The summed E-state index contributed by atoms with van der Waals surface area (Å²) in [6.07, 6.45) is 3.77. The van der Waals surface area contributed by atoms with Crippen LogP contribution >= 0.6 is 0 Å². The average molecular weight is 475 g/mol. The number of aromatic nitrogens is 2. The number of para-hydroxylation sites is 1. The standard InChI is InChI=1S/C29H26N6O/c1-33-19-22(18-31-33)20-10-11-27(21(16-20)17-30)34-12-14-35(15-13-34)28-23-6-2-3-7-24(23)29(36)32-26-9-5-4-8-25(26)28/h2-11,16,18-19,28H,12-15H2,1H3,(H,32,36). The van der Waals surface area contributed by atoms with Crippen LogP contribution in [0, 0.1) is 11.3 Å². The van der Waals surface area contributed by atoms with Crippen molar-refractivity contribution in [1.82, 2.24) is 14.7 Å². The number of hydrogen-bond donors (Lipinski definition) is 1. The van der Waals surface area contributed by atoms with E-state index in [0.29, 0.717) is 5.56 Å². The summed E-state index contributed by atoms with van der Waals surface area (Å²) < 4.78 is 1.77. The molecular formula is C29H26N6O. The second kappa shape index (κ2) is 8.99. The zero-order valence-electron chi connectivity index (χ0n) is 20.1. The second-order valence-corrected chi connectivity index (χ2v) is 9.30. The van der Waals surface area contributed by atoms with Crippen molar-refractivity contribution in [3.63, 3.8) is 0 Å². The minimum Gasteiger partial charge on any atom is -0.368 e. The molecule has 0 saturated carbocycles. The molecule has 1 amide bonds. The Balaban J connectivity index is 1.28. The summed E-state index contributed by atoms with van der Waals surface area (Å²) in [5, 5.41) is 17.3. The summed E-state index contributed by atoms with van der Waals surface area (Å²) in [5.41, 5.74) is 7.36. The van der Waals surface area contributed by atoms with Gasteiger partial charge in [-0.05, 0) is 41.0 Å². The van der Waals surface area contributed by atoms with Gasteiger partial charge in [0.1, 0.15) is 6.07 Å². The molecule has 6 rings (SSSR count). The summed E-state index contributed by atoms with van der Waals surface area (Å²) in [7, 11) is 1.89. The lowest BCUT2D eigenvalue weighted by atomic mass is 9.93. The third-order valence-corrected chi connectivity index (χ3v) is 7.18. The second-order valence-electron chi connectivity index (χ2n) is 9.30. The summed E-state index contributed by atoms with van der Waals surface area (Å²) in [6.45, 7) is 3.22. The van der Waals surface area contributed by atoms with Crippen molar-refractivity contribution in [2.24, 2.45) is 7.05 Å². The normalized spacial score (nSPS) is 17.5. The number of anilines is 2. The molecule has 2 aliphatic heterocycles. The van der Waals surface area contributed by atoms with Crippen molar-refractivity contribution in [3.05, 3.63) is 101 Å². The van der Waals surface area contributed by atoms with Gasteiger partial charge in [0.2, 0.25) is 0 Å². The average Bonchev–Trinajstić information content (AvgIpc) is 3.31. The minimum absolute atomic E-state index is 0.0121. The molecule has 2 aliphatic rings. The van der Waals surface area contributed by atoms with Crippen LogP contribution in [0.5, 0.6) is 0 Å². The number of nitrogens with one attached hydrogen (secondary N) is 1. The lowest BCUT2D eigenvalue weighted by Crippen LogP contribution is -2.48. The van der Waals surface area contributed by atoms with E-state index < -0.39 is 0 Å². The van der Waals surface area contributed by atoms with Gasteiger partial charge in [-0.2, -0.15) is 10.4 Å². The van der Waals surface area contributed by atoms with E-state index >= 15 is 0 Å². The lowest BCUT2D eigenvalue weighted by Gasteiger charge is -2.41. The van der Waals surface area contributed by atoms with Gasteiger partial charge in [0.05, 0.1) is 23.5 Å². The van der Waals surface area contributed by atoms with E-state index in [-0.39, 0.29) is 11.9 Å². The number of aryl methyl sites for hydroxylation is 1. The highest BCUT2D eigenvalue weighted by atomic mass is 16.1. The molecule has 7 nitrogen and oxygen atoms in total. The van der Waals surface area contributed by atoms with Gasteiger partial charge in [-0.3, -0.25) is 14.4 Å². The van der Waals surface area contributed by atoms with E-state index in [0.717, 1.165) is 65.4 Å². The van der Waals surface area contributed by atoms with Crippen molar-refractivity contribution in [3.8, 4) is 17.2 Å². The van der Waals surface area contributed by atoms with E-state index in [1.54, 1.807) is 4.68 Å². The third-order valence-electron chi connectivity index (χ3n) is 7.18. The van der Waals surface area contributed by atoms with Crippen molar-refractivity contribution in [2.75, 3.05) is 36.4 Å². The van der Waals surface area contributed by atoms with E-state index in [2.05, 4.69) is 50.5 Å². The molecule has 1 aromatic heterocycles. The summed E-state index contributed by atoms with van der Waals surface area (Å²) in [4.78, 5) is 17.7. The molecule has 0 bridgehead atoms. The number of carbonyl (C=O) groups excluding carboxylic acids is 1. The monoisotopic (exact) mass is 474 g/mol. The van der Waals surface area contributed by atoms with Crippen LogP contribution in [0.1, 0.15) is 33.1 Å². The number of carbonyl (C=O) groups is 1. The molecule has 3 heterocycles. The molecule has 36 heavy (non-hydrogen) atoms. The number of fused-ring (bicyclic) bond motifs is 2. The van der Waals surface area contributed by atoms with Crippen LogP contribution < -0.4 is 10.2 Å². The SMILES string of the molecule is Cn1cc(-c2ccc(N3CCN(C4c5ccccc5NC(=O)c5ccccc54)CC3)c(C#N)c2)cn1. The fraction of sp³-hybridized carbons (Fsp3) is 0.207. The van der Waals surface area contributed by atoms with E-state index in [1.165, 1.54) is 0 Å². The number of amides is 1. The maximum absolute atomic E-state index is 13.0. The predicted molar refractivity (Wildman–Crippen MR) is 140 cm³/mol. The Morgan fingerprint density at radius 2 is 1.69 bits per heavy atom. The van der Waals surface area contributed by atoms with Crippen molar-refractivity contribution < 1.29 is 4.79 Å². The van der Waals surface area contributed by atoms with E-state index in [9.17, 15) is 10.1 Å². The first-order valence-electron chi connectivity index (χ1n) is 12.1. The quantitative estimate of drug-likeness (QED) is 0.475. The highest BCUT2D eigenvalue weighted by Crippen LogP contribution is 2.39. The molecule has 3 aromatic carbocycles. The van der Waals surface area contributed by atoms with Crippen LogP contribution in [0.25, 0.3) is 11.1 Å². The maximum atomic E-state index is 13.0. The maximum Gasteiger partial charge on any atom is 0.256 e. The molecule has 1 saturated heterocycles. The van der Waals surface area contributed by atoms with Gasteiger partial charge in [-0.1, -0.05) is 42.5 Å². The third kappa shape index (κ3) is 3.82. The largest absolute Gasteiger partial charge is 0.368 e. The molecule has 1 fully saturated rings. The molecular weight excluding hydrogens is 448 g/mol. The van der Waals surface area contributed by atoms with Crippen LogP contribution in [-0.4, -0.2) is 46.8 Å². The lowest BCUT2D eigenvalue weighted by molar-refractivity contribution is 0.102. The summed E-state index contributed by atoms with van der Waals surface area (Å²) >= 11 is 0. The van der Waals surface area contributed by atoms with Crippen LogP contribution in [-0.2, 0) is 7.05 Å². The highest BCUT2D eigenvalue weighted by molar-refractivity contribution is 6.07. The first-order valence-corrected chi connectivity index (χ1v) is 12.1. The number of nitrogens with zero attached hydrogens (tertiary/aromatic N) is 5. The first-order chi connectivity index (χ1) is 17.6. The molecule has 1 atom stereocenters. The Morgan fingerprint density at radius 1 is 0.944 bits per heavy atom. The fourth-order valence-corrected chi connectivity index (χ4v) is 5.41. The number of nitriles is 1. The van der Waals surface area contributed by atoms with Crippen LogP contribution in [0.3, 0.4) is 0 Å². The smallest absolute Gasteiger partial charge is 0.256 e. The van der Waals surface area contributed by atoms with Crippen LogP contribution in [0.4, 0.5) is 11.4 Å². The van der Waals surface area contributed by atoms with Gasteiger partial charge in [-0.15, -0.1) is 0 Å². The Bertz CT molecular complexity index is 1490. The molecule has 4 aromatic rings. The Labute approximate surface area is 210 Å². The zero-order chi connectivity index (χ0) is 24.6. The number of rotatable bonds is 3. The molecule has 1 N–H and O–H groups in total. The Hall–Kier alpha value is -4.41. The van der Waals surface area contributed by atoms with Crippen molar-refractivity contribution >= 4 is 17.3 Å². The van der Waals surface area contributed by atoms with Gasteiger partial charge in [0.25, 0.3) is 5.91 Å². The topological polar surface area (TPSA) is 77.2 Å². The Morgan fingerprint density at radius 3 is 2.44 bits per heavy atom. The van der Waals surface area contributed by atoms with Gasteiger partial charge in [0, 0.05) is 56.2 Å². The van der Waals surface area contributed by atoms with Gasteiger partial charge in [-0.25, -0.2) is 0 Å². The molecule has 0 spiro atoms. The summed E-state index contributed by atoms with van der Waals surface area (Å²) in [5.74, 6) is -0.0634. The summed E-state index contributed by atoms with van der Waals surface area (Å²) in [6, 6.07) is 24.4. The minimum atomic E-state index is -0.0634. The molecule has 178 valence electrons. The van der Waals surface area contributed by atoms with E-state index in [1.807, 2.05) is 61.9 Å². The molecule has 1 unspecified atom stereocenters. The molecule has 0 radical (unpaired) electrons.